The number of carbonyl (C=O) groups is 1. The molecule has 0 spiro atoms. The molecule has 0 saturated heterocycles. The van der Waals surface area contributed by atoms with E-state index in [4.69, 9.17) is 4.74 Å². The third kappa shape index (κ3) is 2.69. The predicted octanol–water partition coefficient (Wildman–Crippen LogP) is 3.20. The predicted molar refractivity (Wildman–Crippen MR) is 84.4 cm³/mol. The lowest BCUT2D eigenvalue weighted by Gasteiger charge is -2.09. The molecule has 1 heterocycles. The van der Waals surface area contributed by atoms with Gasteiger partial charge in [0.1, 0.15) is 11.5 Å². The van der Waals surface area contributed by atoms with Crippen molar-refractivity contribution in [2.24, 2.45) is 0 Å². The summed E-state index contributed by atoms with van der Waals surface area (Å²) >= 11 is 0. The molecule has 5 nitrogen and oxygen atoms in total. The normalized spacial score (nSPS) is 10.4. The number of aromatic hydroxyl groups is 1. The number of hydrogen-bond acceptors (Lipinski definition) is 4. The zero-order chi connectivity index (χ0) is 15.5. The first-order valence-electron chi connectivity index (χ1n) is 6.70. The van der Waals surface area contributed by atoms with E-state index in [0.717, 1.165) is 10.9 Å². The van der Waals surface area contributed by atoms with Gasteiger partial charge in [-0.3, -0.25) is 9.78 Å². The number of ether oxygens (including phenoxy) is 1. The van der Waals surface area contributed by atoms with Crippen molar-refractivity contribution in [1.82, 2.24) is 4.98 Å². The lowest BCUT2D eigenvalue weighted by Crippen LogP contribution is -2.12. The van der Waals surface area contributed by atoms with Crippen LogP contribution in [0.25, 0.3) is 10.9 Å². The van der Waals surface area contributed by atoms with Crippen molar-refractivity contribution in [3.63, 3.8) is 0 Å². The van der Waals surface area contributed by atoms with Gasteiger partial charge < -0.3 is 15.2 Å². The molecule has 1 amide bonds. The van der Waals surface area contributed by atoms with Gasteiger partial charge in [-0.2, -0.15) is 0 Å². The minimum absolute atomic E-state index is 0.0965. The monoisotopic (exact) mass is 294 g/mol. The molecular weight excluding hydrogens is 280 g/mol. The van der Waals surface area contributed by atoms with Crippen LogP contribution in [-0.2, 0) is 0 Å². The minimum atomic E-state index is -0.403. The fraction of sp³-hybridized carbons (Fsp3) is 0.0588. The molecular formula is C17H14N2O3. The number of nitrogens with one attached hydrogen (secondary N) is 1. The maximum atomic E-state index is 12.3. The van der Waals surface area contributed by atoms with Crippen LogP contribution in [0.2, 0.25) is 0 Å². The number of pyridine rings is 1. The first-order valence-corrected chi connectivity index (χ1v) is 6.70. The molecule has 0 saturated carbocycles. The topological polar surface area (TPSA) is 71.5 Å². The Morgan fingerprint density at radius 2 is 2.05 bits per heavy atom. The Hall–Kier alpha value is -3.08. The average Bonchev–Trinajstić information content (AvgIpc) is 2.55. The number of methoxy groups -OCH3 is 1. The fourth-order valence-electron chi connectivity index (χ4n) is 2.18. The molecule has 110 valence electrons. The molecule has 0 atom stereocenters. The van der Waals surface area contributed by atoms with Crippen LogP contribution in [0, 0.1) is 0 Å². The van der Waals surface area contributed by atoms with Gasteiger partial charge in [0.2, 0.25) is 0 Å². The second-order valence-corrected chi connectivity index (χ2v) is 4.75. The van der Waals surface area contributed by atoms with Gasteiger partial charge in [0.05, 0.1) is 18.2 Å². The van der Waals surface area contributed by atoms with E-state index in [1.807, 2.05) is 24.3 Å². The van der Waals surface area contributed by atoms with E-state index in [1.54, 1.807) is 18.3 Å². The van der Waals surface area contributed by atoms with Crippen molar-refractivity contribution in [3.05, 3.63) is 60.3 Å². The summed E-state index contributed by atoms with van der Waals surface area (Å²) in [6.07, 6.45) is 1.72. The molecule has 1 aromatic heterocycles. The SMILES string of the molecule is COc1ccc(O)c(C(=O)Nc2ccc3ncccc3c2)c1. The molecule has 0 aliphatic carbocycles. The van der Waals surface area contributed by atoms with Crippen LogP contribution >= 0.6 is 0 Å². The maximum Gasteiger partial charge on any atom is 0.259 e. The molecule has 0 fully saturated rings. The van der Waals surface area contributed by atoms with E-state index in [9.17, 15) is 9.90 Å². The molecule has 3 aromatic rings. The Balaban J connectivity index is 1.89. The largest absolute Gasteiger partial charge is 0.507 e. The highest BCUT2D eigenvalue weighted by Gasteiger charge is 2.13. The van der Waals surface area contributed by atoms with E-state index < -0.39 is 5.91 Å². The number of aromatic nitrogens is 1. The highest BCUT2D eigenvalue weighted by Crippen LogP contribution is 2.24. The molecule has 0 aliphatic rings. The molecule has 3 rings (SSSR count). The van der Waals surface area contributed by atoms with Gasteiger partial charge in [-0.15, -0.1) is 0 Å². The number of rotatable bonds is 3. The van der Waals surface area contributed by atoms with Crippen molar-refractivity contribution in [2.45, 2.75) is 0 Å². The van der Waals surface area contributed by atoms with Crippen LogP contribution < -0.4 is 10.1 Å². The Morgan fingerprint density at radius 3 is 2.86 bits per heavy atom. The summed E-state index contributed by atoms with van der Waals surface area (Å²) < 4.78 is 5.07. The highest BCUT2D eigenvalue weighted by atomic mass is 16.5. The third-order valence-electron chi connectivity index (χ3n) is 3.31. The summed E-state index contributed by atoms with van der Waals surface area (Å²) in [5.74, 6) is 0.00561. The zero-order valence-electron chi connectivity index (χ0n) is 11.9. The van der Waals surface area contributed by atoms with Crippen LogP contribution in [0.3, 0.4) is 0 Å². The smallest absolute Gasteiger partial charge is 0.259 e. The summed E-state index contributed by atoms with van der Waals surface area (Å²) in [5.41, 5.74) is 1.64. The molecule has 0 aliphatic heterocycles. The second kappa shape index (κ2) is 5.73. The number of carbonyl (C=O) groups excluding carboxylic acids is 1. The summed E-state index contributed by atoms with van der Waals surface area (Å²) in [5, 5.41) is 13.5. The van der Waals surface area contributed by atoms with E-state index in [0.29, 0.717) is 11.4 Å². The number of amides is 1. The number of fused-ring (bicyclic) bond motifs is 1. The number of hydrogen-bond donors (Lipinski definition) is 2. The average molecular weight is 294 g/mol. The highest BCUT2D eigenvalue weighted by molar-refractivity contribution is 6.07. The Labute approximate surface area is 127 Å². The van der Waals surface area contributed by atoms with Gasteiger partial charge in [0, 0.05) is 17.3 Å². The molecule has 0 unspecified atom stereocenters. The number of anilines is 1. The lowest BCUT2D eigenvalue weighted by atomic mass is 10.1. The molecule has 2 aromatic carbocycles. The first-order chi connectivity index (χ1) is 10.7. The van der Waals surface area contributed by atoms with Gasteiger partial charge in [0.15, 0.2) is 0 Å². The van der Waals surface area contributed by atoms with Crippen molar-refractivity contribution >= 4 is 22.5 Å². The lowest BCUT2D eigenvalue weighted by molar-refractivity contribution is 0.102. The Kier molecular flexibility index (Phi) is 3.62. The Morgan fingerprint density at radius 1 is 1.18 bits per heavy atom. The summed E-state index contributed by atoms with van der Waals surface area (Å²) in [7, 11) is 1.50. The minimum Gasteiger partial charge on any atom is -0.507 e. The van der Waals surface area contributed by atoms with Gasteiger partial charge in [-0.05, 0) is 42.5 Å². The van der Waals surface area contributed by atoms with Crippen LogP contribution in [-0.4, -0.2) is 23.1 Å². The standard InChI is InChI=1S/C17H14N2O3/c1-22-13-5-7-16(20)14(10-13)17(21)19-12-4-6-15-11(9-12)3-2-8-18-15/h2-10,20H,1H3,(H,19,21). The first kappa shape index (κ1) is 13.9. The van der Waals surface area contributed by atoms with Gasteiger partial charge >= 0.3 is 0 Å². The molecule has 0 bridgehead atoms. The van der Waals surface area contributed by atoms with Crippen molar-refractivity contribution < 1.29 is 14.6 Å². The third-order valence-corrected chi connectivity index (χ3v) is 3.31. The number of phenols is 1. The Bertz CT molecular complexity index is 846. The van der Waals surface area contributed by atoms with Crippen LogP contribution in [0.1, 0.15) is 10.4 Å². The van der Waals surface area contributed by atoms with Crippen molar-refractivity contribution in [1.29, 1.82) is 0 Å². The van der Waals surface area contributed by atoms with Gasteiger partial charge in [-0.1, -0.05) is 6.07 Å². The maximum absolute atomic E-state index is 12.3. The van der Waals surface area contributed by atoms with Gasteiger partial charge in [-0.25, -0.2) is 0 Å². The van der Waals surface area contributed by atoms with Crippen LogP contribution in [0.15, 0.2) is 54.7 Å². The van der Waals surface area contributed by atoms with Crippen molar-refractivity contribution in [3.8, 4) is 11.5 Å². The molecule has 2 N–H and O–H groups in total. The summed E-state index contributed by atoms with van der Waals surface area (Å²) in [6.45, 7) is 0. The summed E-state index contributed by atoms with van der Waals surface area (Å²) in [6, 6.07) is 13.7. The fourth-order valence-corrected chi connectivity index (χ4v) is 2.18. The molecule has 5 heteroatoms. The van der Waals surface area contributed by atoms with Crippen LogP contribution in [0.5, 0.6) is 11.5 Å². The quantitative estimate of drug-likeness (QED) is 0.778. The van der Waals surface area contributed by atoms with E-state index in [-0.39, 0.29) is 11.3 Å². The number of nitrogens with zero attached hydrogens (tertiary/aromatic N) is 1. The number of benzene rings is 2. The molecule has 22 heavy (non-hydrogen) atoms. The van der Waals surface area contributed by atoms with E-state index >= 15 is 0 Å². The van der Waals surface area contributed by atoms with Crippen LogP contribution in [0.4, 0.5) is 5.69 Å². The number of phenolic OH excluding ortho intramolecular Hbond substituents is 1. The van der Waals surface area contributed by atoms with Gasteiger partial charge in [0.25, 0.3) is 5.91 Å². The molecule has 0 radical (unpaired) electrons. The zero-order valence-corrected chi connectivity index (χ0v) is 11.9. The van der Waals surface area contributed by atoms with Crippen molar-refractivity contribution in [2.75, 3.05) is 12.4 Å². The van der Waals surface area contributed by atoms with E-state index in [1.165, 1.54) is 19.2 Å². The second-order valence-electron chi connectivity index (χ2n) is 4.75. The summed E-state index contributed by atoms with van der Waals surface area (Å²) in [4.78, 5) is 16.5. The van der Waals surface area contributed by atoms with E-state index in [2.05, 4.69) is 10.3 Å².